The van der Waals surface area contributed by atoms with Gasteiger partial charge in [0.05, 0.1) is 36.9 Å². The number of aryl methyl sites for hydroxylation is 1. The third-order valence-corrected chi connectivity index (χ3v) is 6.71. The van der Waals surface area contributed by atoms with Crippen LogP contribution < -0.4 is 19.8 Å². The van der Waals surface area contributed by atoms with E-state index in [2.05, 4.69) is 26.8 Å². The molecule has 0 saturated carbocycles. The van der Waals surface area contributed by atoms with Crippen molar-refractivity contribution in [3.63, 3.8) is 0 Å². The minimum Gasteiger partial charge on any atom is -0.494 e. The molecule has 1 atom stereocenters. The molecule has 0 N–H and O–H groups in total. The smallest absolute Gasteiger partial charge is 0.282 e. The molecule has 1 heterocycles. The van der Waals surface area contributed by atoms with Gasteiger partial charge < -0.3 is 14.2 Å². The average molecular weight is 528 g/mol. The molecule has 0 aliphatic carbocycles. The Morgan fingerprint density at radius 2 is 1.79 bits per heavy atom. The lowest BCUT2D eigenvalue weighted by atomic mass is 9.96. The van der Waals surface area contributed by atoms with Gasteiger partial charge in [-0.05, 0) is 80.6 Å². The van der Waals surface area contributed by atoms with Crippen molar-refractivity contribution >= 4 is 17.1 Å². The van der Waals surface area contributed by atoms with Gasteiger partial charge in [-0.1, -0.05) is 39.0 Å². The molecule has 39 heavy (non-hydrogen) atoms. The Balaban J connectivity index is 1.96. The minimum absolute atomic E-state index is 0.0185. The molecule has 0 unspecified atom stereocenters. The molecular formula is C32H37N3O4. The fraction of sp³-hybridized carbons (Fsp3) is 0.344. The molecule has 4 aromatic rings. The van der Waals surface area contributed by atoms with E-state index < -0.39 is 0 Å². The van der Waals surface area contributed by atoms with Crippen LogP contribution in [-0.4, -0.2) is 35.7 Å². The number of hydrogen-bond donors (Lipinski definition) is 0. The molecular weight excluding hydrogens is 490 g/mol. The summed E-state index contributed by atoms with van der Waals surface area (Å²) in [6.45, 7) is 12.9. The van der Waals surface area contributed by atoms with E-state index >= 15 is 0 Å². The van der Waals surface area contributed by atoms with Gasteiger partial charge in [-0.25, -0.2) is 4.98 Å². The fourth-order valence-corrected chi connectivity index (χ4v) is 4.40. The maximum Gasteiger partial charge on any atom is 0.282 e. The summed E-state index contributed by atoms with van der Waals surface area (Å²) >= 11 is 0. The van der Waals surface area contributed by atoms with Crippen LogP contribution in [0.15, 0.2) is 64.5 Å². The third kappa shape index (κ3) is 5.82. The maximum absolute atomic E-state index is 13.8. The van der Waals surface area contributed by atoms with E-state index in [9.17, 15) is 4.79 Å². The Hall–Kier alpha value is -4.13. The summed E-state index contributed by atoms with van der Waals surface area (Å²) < 4.78 is 19.1. The number of benzene rings is 3. The van der Waals surface area contributed by atoms with E-state index in [4.69, 9.17) is 24.3 Å². The van der Waals surface area contributed by atoms with E-state index in [1.54, 1.807) is 19.4 Å². The van der Waals surface area contributed by atoms with E-state index in [0.717, 1.165) is 28.9 Å². The number of hydrogen-bond acceptors (Lipinski definition) is 6. The summed E-state index contributed by atoms with van der Waals surface area (Å²) in [6, 6.07) is 17.0. The van der Waals surface area contributed by atoms with Gasteiger partial charge in [-0.2, -0.15) is 9.78 Å². The highest BCUT2D eigenvalue weighted by Crippen LogP contribution is 2.35. The largest absolute Gasteiger partial charge is 0.494 e. The first kappa shape index (κ1) is 27.9. The van der Waals surface area contributed by atoms with Crippen LogP contribution in [0.3, 0.4) is 0 Å². The molecule has 3 aromatic carbocycles. The van der Waals surface area contributed by atoms with E-state index in [0.29, 0.717) is 40.4 Å². The molecule has 0 aliphatic rings. The van der Waals surface area contributed by atoms with Crippen LogP contribution in [0.25, 0.3) is 22.3 Å². The van der Waals surface area contributed by atoms with Gasteiger partial charge in [-0.15, -0.1) is 0 Å². The topological polar surface area (TPSA) is 74.9 Å². The number of fused-ring (bicyclic) bond motifs is 1. The summed E-state index contributed by atoms with van der Waals surface area (Å²) in [5, 5.41) is 5.19. The lowest BCUT2D eigenvalue weighted by molar-refractivity contribution is 0.207. The van der Waals surface area contributed by atoms with Crippen LogP contribution >= 0.6 is 0 Å². The highest BCUT2D eigenvalue weighted by molar-refractivity contribution is 5.86. The highest BCUT2D eigenvalue weighted by atomic mass is 16.5. The standard InChI is InChI=1S/C32H37N3O4/c1-8-22(6)39-30-23(13-12-16-28(30)37-7)19-33-35-31(34-27-15-11-10-14-24(27)32(35)36)26-18-25(20(3)4)29(38-9-2)17-21(26)5/h10-20,22H,8-9H2,1-7H3/t22-/m1/s1. The second-order valence-electron chi connectivity index (χ2n) is 9.82. The van der Waals surface area contributed by atoms with Crippen LogP contribution in [0.1, 0.15) is 63.6 Å². The van der Waals surface area contributed by atoms with Crippen LogP contribution in [0, 0.1) is 6.92 Å². The molecule has 0 radical (unpaired) electrons. The molecule has 1 aromatic heterocycles. The predicted molar refractivity (Wildman–Crippen MR) is 158 cm³/mol. The maximum atomic E-state index is 13.8. The van der Waals surface area contributed by atoms with Crippen molar-refractivity contribution in [3.05, 3.63) is 81.6 Å². The first-order valence-corrected chi connectivity index (χ1v) is 13.5. The molecule has 0 fully saturated rings. The molecule has 0 bridgehead atoms. The van der Waals surface area contributed by atoms with Crippen LogP contribution in [0.4, 0.5) is 0 Å². The van der Waals surface area contributed by atoms with Crippen molar-refractivity contribution in [1.29, 1.82) is 0 Å². The molecule has 0 amide bonds. The van der Waals surface area contributed by atoms with Crippen LogP contribution in [0.2, 0.25) is 0 Å². The second-order valence-corrected chi connectivity index (χ2v) is 9.82. The summed E-state index contributed by atoms with van der Waals surface area (Å²) in [7, 11) is 1.61. The summed E-state index contributed by atoms with van der Waals surface area (Å²) in [4.78, 5) is 18.7. The number of nitrogens with zero attached hydrogens (tertiary/aromatic N) is 3. The minimum atomic E-state index is -0.251. The Kier molecular flexibility index (Phi) is 8.69. The van der Waals surface area contributed by atoms with E-state index in [1.165, 1.54) is 4.68 Å². The summed E-state index contributed by atoms with van der Waals surface area (Å²) in [6.07, 6.45) is 2.45. The monoisotopic (exact) mass is 527 g/mol. The number of ether oxygens (including phenoxy) is 3. The zero-order chi connectivity index (χ0) is 28.1. The van der Waals surface area contributed by atoms with Crippen LogP contribution in [-0.2, 0) is 0 Å². The molecule has 0 spiro atoms. The first-order valence-electron chi connectivity index (χ1n) is 13.5. The number of methoxy groups -OCH3 is 1. The zero-order valence-electron chi connectivity index (χ0n) is 23.8. The molecule has 0 aliphatic heterocycles. The van der Waals surface area contributed by atoms with Crippen molar-refractivity contribution < 1.29 is 14.2 Å². The molecule has 7 heteroatoms. The van der Waals surface area contributed by atoms with Crippen molar-refractivity contribution in [2.45, 2.75) is 60.0 Å². The second kappa shape index (κ2) is 12.2. The predicted octanol–water partition coefficient (Wildman–Crippen LogP) is 6.96. The van der Waals surface area contributed by atoms with Gasteiger partial charge in [-0.3, -0.25) is 4.79 Å². The SMILES string of the molecule is CCOc1cc(C)c(-c2nc3ccccc3c(=O)n2N=Cc2cccc(OC)c2O[C@H](C)CC)cc1C(C)C. The first-order chi connectivity index (χ1) is 18.8. The van der Waals surface area contributed by atoms with Crippen molar-refractivity contribution in [1.82, 2.24) is 9.66 Å². The van der Waals surface area contributed by atoms with Crippen molar-refractivity contribution in [2.24, 2.45) is 5.10 Å². The summed E-state index contributed by atoms with van der Waals surface area (Å²) in [5.74, 6) is 2.71. The fourth-order valence-electron chi connectivity index (χ4n) is 4.40. The Morgan fingerprint density at radius 1 is 1.03 bits per heavy atom. The van der Waals surface area contributed by atoms with E-state index in [-0.39, 0.29) is 17.6 Å². The van der Waals surface area contributed by atoms with Gasteiger partial charge >= 0.3 is 0 Å². The molecule has 4 rings (SSSR count). The van der Waals surface area contributed by atoms with Gasteiger partial charge in [0, 0.05) is 11.1 Å². The lowest BCUT2D eigenvalue weighted by Gasteiger charge is -2.19. The van der Waals surface area contributed by atoms with E-state index in [1.807, 2.05) is 63.2 Å². The highest BCUT2D eigenvalue weighted by Gasteiger charge is 2.19. The van der Waals surface area contributed by atoms with Gasteiger partial charge in [0.2, 0.25) is 0 Å². The molecule has 204 valence electrons. The lowest BCUT2D eigenvalue weighted by Crippen LogP contribution is -2.21. The van der Waals surface area contributed by atoms with Gasteiger partial charge in [0.1, 0.15) is 5.75 Å². The Bertz CT molecular complexity index is 1560. The third-order valence-electron chi connectivity index (χ3n) is 6.71. The number of para-hydroxylation sites is 2. The number of rotatable bonds is 10. The Morgan fingerprint density at radius 3 is 2.49 bits per heavy atom. The van der Waals surface area contributed by atoms with Crippen molar-refractivity contribution in [2.75, 3.05) is 13.7 Å². The van der Waals surface area contributed by atoms with Gasteiger partial charge in [0.15, 0.2) is 17.3 Å². The summed E-state index contributed by atoms with van der Waals surface area (Å²) in [5.41, 5.74) is 3.88. The van der Waals surface area contributed by atoms with Crippen molar-refractivity contribution in [3.8, 4) is 28.6 Å². The molecule has 7 nitrogen and oxygen atoms in total. The average Bonchev–Trinajstić information content (AvgIpc) is 2.93. The van der Waals surface area contributed by atoms with Crippen LogP contribution in [0.5, 0.6) is 17.2 Å². The molecule has 0 saturated heterocycles. The normalized spacial score (nSPS) is 12.3. The van der Waals surface area contributed by atoms with Gasteiger partial charge in [0.25, 0.3) is 5.56 Å². The Labute approximate surface area is 230 Å². The number of aromatic nitrogens is 2. The zero-order valence-corrected chi connectivity index (χ0v) is 23.8. The quantitative estimate of drug-likeness (QED) is 0.208.